The fourth-order valence-corrected chi connectivity index (χ4v) is 2.90. The van der Waals surface area contributed by atoms with Gasteiger partial charge in [0.2, 0.25) is 5.91 Å². The Kier molecular flexibility index (Phi) is 13.6. The molecule has 0 radical (unpaired) electrons. The molecule has 6 nitrogen and oxygen atoms in total. The fraction of sp³-hybridized carbons (Fsp3) is 0.417. The van der Waals surface area contributed by atoms with Crippen LogP contribution in [0.5, 0.6) is 0 Å². The third-order valence-electron chi connectivity index (χ3n) is 4.50. The van der Waals surface area contributed by atoms with Gasteiger partial charge in [0.05, 0.1) is 13.2 Å². The van der Waals surface area contributed by atoms with Crippen LogP contribution in [0.4, 0.5) is 5.69 Å². The molecule has 0 aliphatic carbocycles. The minimum absolute atomic E-state index is 0. The number of nitrogens with zero attached hydrogens (tertiary/aromatic N) is 1. The summed E-state index contributed by atoms with van der Waals surface area (Å²) in [6.07, 6.45) is 1.37. The van der Waals surface area contributed by atoms with Crippen LogP contribution in [0.2, 0.25) is 0 Å². The molecule has 0 heterocycles. The number of benzene rings is 2. The Morgan fingerprint density at radius 1 is 1.06 bits per heavy atom. The van der Waals surface area contributed by atoms with Crippen LogP contribution in [0.3, 0.4) is 0 Å². The minimum atomic E-state index is 0. The van der Waals surface area contributed by atoms with E-state index in [4.69, 9.17) is 4.74 Å². The van der Waals surface area contributed by atoms with Crippen LogP contribution >= 0.6 is 24.0 Å². The first-order chi connectivity index (χ1) is 14.6. The summed E-state index contributed by atoms with van der Waals surface area (Å²) in [5, 5.41) is 9.58. The van der Waals surface area contributed by atoms with Crippen LogP contribution in [0.1, 0.15) is 37.8 Å². The summed E-state index contributed by atoms with van der Waals surface area (Å²) in [7, 11) is 1.76. The summed E-state index contributed by atoms with van der Waals surface area (Å²) in [4.78, 5) is 16.1. The van der Waals surface area contributed by atoms with Crippen LogP contribution in [0.25, 0.3) is 0 Å². The largest absolute Gasteiger partial charge is 0.376 e. The van der Waals surface area contributed by atoms with Crippen molar-refractivity contribution in [2.24, 2.45) is 10.9 Å². The number of ether oxygens (including phenoxy) is 1. The van der Waals surface area contributed by atoms with Crippen molar-refractivity contribution in [3.05, 3.63) is 65.7 Å². The molecule has 1 atom stereocenters. The molecular formula is C24H35IN4O2. The molecule has 0 saturated carbocycles. The summed E-state index contributed by atoms with van der Waals surface area (Å²) in [5.74, 6) is 1.14. The van der Waals surface area contributed by atoms with E-state index in [2.05, 4.69) is 40.0 Å². The Balaban J connectivity index is 0.00000480. The number of carbonyl (C=O) groups excluding carboxylic acids is 1. The third-order valence-corrected chi connectivity index (χ3v) is 4.50. The number of amides is 1. The van der Waals surface area contributed by atoms with E-state index in [-0.39, 0.29) is 29.9 Å². The molecule has 0 aliphatic rings. The summed E-state index contributed by atoms with van der Waals surface area (Å²) in [6.45, 7) is 6.84. The molecule has 0 fully saturated rings. The molecule has 3 N–H and O–H groups in total. The SMILES string of the molecule is CCCC(=O)Nc1cccc(CNC(=NC)NCC(C)COCc2ccccc2)c1.I. The van der Waals surface area contributed by atoms with Gasteiger partial charge in [-0.05, 0) is 35.6 Å². The molecule has 0 bridgehead atoms. The maximum absolute atomic E-state index is 11.8. The van der Waals surface area contributed by atoms with Gasteiger partial charge in [-0.15, -0.1) is 24.0 Å². The summed E-state index contributed by atoms with van der Waals surface area (Å²) < 4.78 is 5.80. The van der Waals surface area contributed by atoms with E-state index in [1.807, 2.05) is 49.4 Å². The first kappa shape index (κ1) is 26.9. The number of halogens is 1. The van der Waals surface area contributed by atoms with Gasteiger partial charge < -0.3 is 20.7 Å². The Morgan fingerprint density at radius 3 is 2.52 bits per heavy atom. The maximum Gasteiger partial charge on any atom is 0.224 e. The average Bonchev–Trinajstić information content (AvgIpc) is 2.75. The van der Waals surface area contributed by atoms with Gasteiger partial charge in [0, 0.05) is 32.2 Å². The first-order valence-corrected chi connectivity index (χ1v) is 10.6. The lowest BCUT2D eigenvalue weighted by atomic mass is 10.2. The van der Waals surface area contributed by atoms with Gasteiger partial charge in [0.15, 0.2) is 5.96 Å². The number of hydrogen-bond donors (Lipinski definition) is 3. The second-order valence-electron chi connectivity index (χ2n) is 7.41. The van der Waals surface area contributed by atoms with Crippen molar-refractivity contribution < 1.29 is 9.53 Å². The van der Waals surface area contributed by atoms with Gasteiger partial charge in [-0.2, -0.15) is 0 Å². The average molecular weight is 538 g/mol. The van der Waals surface area contributed by atoms with Crippen molar-refractivity contribution in [3.63, 3.8) is 0 Å². The smallest absolute Gasteiger partial charge is 0.224 e. The number of anilines is 1. The van der Waals surface area contributed by atoms with Crippen LogP contribution < -0.4 is 16.0 Å². The monoisotopic (exact) mass is 538 g/mol. The molecule has 0 aliphatic heterocycles. The second-order valence-corrected chi connectivity index (χ2v) is 7.41. The third kappa shape index (κ3) is 11.2. The second kappa shape index (κ2) is 15.6. The van der Waals surface area contributed by atoms with Crippen LogP contribution in [-0.4, -0.2) is 32.1 Å². The zero-order valence-electron chi connectivity index (χ0n) is 18.7. The zero-order chi connectivity index (χ0) is 21.6. The maximum atomic E-state index is 11.8. The van der Waals surface area contributed by atoms with Gasteiger partial charge in [-0.1, -0.05) is 56.3 Å². The highest BCUT2D eigenvalue weighted by Gasteiger charge is 2.06. The molecule has 170 valence electrons. The van der Waals surface area contributed by atoms with E-state index in [0.29, 0.717) is 32.1 Å². The summed E-state index contributed by atoms with van der Waals surface area (Å²) >= 11 is 0. The Bertz CT molecular complexity index is 799. The molecule has 7 heteroatoms. The normalized spacial score (nSPS) is 11.9. The van der Waals surface area contributed by atoms with E-state index in [0.717, 1.165) is 30.2 Å². The Labute approximate surface area is 203 Å². The van der Waals surface area contributed by atoms with E-state index in [1.54, 1.807) is 7.05 Å². The van der Waals surface area contributed by atoms with Gasteiger partial charge in [-0.25, -0.2) is 0 Å². The molecule has 0 spiro atoms. The molecule has 1 amide bonds. The van der Waals surface area contributed by atoms with E-state index >= 15 is 0 Å². The molecule has 2 aromatic carbocycles. The predicted molar refractivity (Wildman–Crippen MR) is 139 cm³/mol. The minimum Gasteiger partial charge on any atom is -0.376 e. The van der Waals surface area contributed by atoms with Crippen molar-refractivity contribution in [2.45, 2.75) is 39.8 Å². The fourth-order valence-electron chi connectivity index (χ4n) is 2.90. The van der Waals surface area contributed by atoms with E-state index < -0.39 is 0 Å². The highest BCUT2D eigenvalue weighted by molar-refractivity contribution is 14.0. The topological polar surface area (TPSA) is 74.8 Å². The van der Waals surface area contributed by atoms with Crippen LogP contribution in [-0.2, 0) is 22.7 Å². The highest BCUT2D eigenvalue weighted by atomic mass is 127. The molecule has 0 aromatic heterocycles. The Morgan fingerprint density at radius 2 is 1.81 bits per heavy atom. The molecule has 2 rings (SSSR count). The number of nitrogens with one attached hydrogen (secondary N) is 3. The number of aliphatic imine (C=N–C) groups is 1. The number of hydrogen-bond acceptors (Lipinski definition) is 3. The van der Waals surface area contributed by atoms with Crippen molar-refractivity contribution in [1.29, 1.82) is 0 Å². The van der Waals surface area contributed by atoms with Gasteiger partial charge in [0.1, 0.15) is 0 Å². The van der Waals surface area contributed by atoms with Crippen molar-refractivity contribution in [3.8, 4) is 0 Å². The molecular weight excluding hydrogens is 503 g/mol. The van der Waals surface area contributed by atoms with E-state index in [9.17, 15) is 4.79 Å². The molecule has 2 aromatic rings. The van der Waals surface area contributed by atoms with Crippen molar-refractivity contribution in [1.82, 2.24) is 10.6 Å². The zero-order valence-corrected chi connectivity index (χ0v) is 21.0. The van der Waals surface area contributed by atoms with Gasteiger partial charge in [-0.3, -0.25) is 9.79 Å². The lowest BCUT2D eigenvalue weighted by Gasteiger charge is -2.16. The van der Waals surface area contributed by atoms with Gasteiger partial charge in [0.25, 0.3) is 0 Å². The molecule has 1 unspecified atom stereocenters. The first-order valence-electron chi connectivity index (χ1n) is 10.6. The quantitative estimate of drug-likeness (QED) is 0.223. The summed E-state index contributed by atoms with van der Waals surface area (Å²) in [6, 6.07) is 18.0. The highest BCUT2D eigenvalue weighted by Crippen LogP contribution is 2.11. The number of guanidine groups is 1. The number of rotatable bonds is 11. The van der Waals surface area contributed by atoms with Crippen LogP contribution in [0, 0.1) is 5.92 Å². The molecule has 0 saturated heterocycles. The molecule has 31 heavy (non-hydrogen) atoms. The van der Waals surface area contributed by atoms with Crippen molar-refractivity contribution in [2.75, 3.05) is 25.5 Å². The standard InChI is InChI=1S/C24H34N4O2.HI/c1-4-9-23(29)28-22-13-8-12-21(14-22)16-27-24(25-3)26-15-19(2)17-30-18-20-10-6-5-7-11-20;/h5-8,10-14,19H,4,9,15-18H2,1-3H3,(H,28,29)(H2,25,26,27);1H. The summed E-state index contributed by atoms with van der Waals surface area (Å²) in [5.41, 5.74) is 3.08. The lowest BCUT2D eigenvalue weighted by Crippen LogP contribution is -2.39. The predicted octanol–water partition coefficient (Wildman–Crippen LogP) is 4.56. The van der Waals surface area contributed by atoms with Gasteiger partial charge >= 0.3 is 0 Å². The Hall–Kier alpha value is -2.13. The van der Waals surface area contributed by atoms with E-state index in [1.165, 1.54) is 5.56 Å². The number of carbonyl (C=O) groups is 1. The van der Waals surface area contributed by atoms with Crippen LogP contribution in [0.15, 0.2) is 59.6 Å². The van der Waals surface area contributed by atoms with Crippen molar-refractivity contribution >= 4 is 41.5 Å². The lowest BCUT2D eigenvalue weighted by molar-refractivity contribution is -0.116.